The first-order valence-electron chi connectivity index (χ1n) is 6.10. The molecular formula is C12H18ClN3O. The van der Waals surface area contributed by atoms with Crippen LogP contribution in [0.4, 0.5) is 5.82 Å². The van der Waals surface area contributed by atoms with Crippen LogP contribution in [-0.2, 0) is 4.74 Å². The zero-order valence-corrected chi connectivity index (χ0v) is 10.8. The molecule has 0 radical (unpaired) electrons. The molecule has 94 valence electrons. The van der Waals surface area contributed by atoms with Gasteiger partial charge in [-0.2, -0.15) is 0 Å². The molecule has 1 fully saturated rings. The van der Waals surface area contributed by atoms with Gasteiger partial charge in [0.25, 0.3) is 0 Å². The molecule has 1 aromatic heterocycles. The Hall–Kier alpha value is -0.870. The van der Waals surface area contributed by atoms with Crippen molar-refractivity contribution in [3.05, 3.63) is 17.0 Å². The fourth-order valence-electron chi connectivity index (χ4n) is 1.99. The van der Waals surface area contributed by atoms with E-state index in [0.29, 0.717) is 11.3 Å². The van der Waals surface area contributed by atoms with Crippen LogP contribution in [0.1, 0.15) is 31.2 Å². The topological polar surface area (TPSA) is 47.0 Å². The Labute approximate surface area is 107 Å². The summed E-state index contributed by atoms with van der Waals surface area (Å²) in [6, 6.07) is 0. The average Bonchev–Trinajstić information content (AvgIpc) is 2.36. The van der Waals surface area contributed by atoms with Crippen LogP contribution in [0.2, 0.25) is 5.15 Å². The van der Waals surface area contributed by atoms with Crippen molar-refractivity contribution in [3.8, 4) is 0 Å². The van der Waals surface area contributed by atoms with Gasteiger partial charge in [-0.25, -0.2) is 9.97 Å². The first-order chi connectivity index (χ1) is 8.27. The minimum absolute atomic E-state index is 0.397. The van der Waals surface area contributed by atoms with Crippen LogP contribution in [0.5, 0.6) is 0 Å². The molecule has 0 aliphatic carbocycles. The summed E-state index contributed by atoms with van der Waals surface area (Å²) in [5.41, 5.74) is 0.902. The molecule has 2 heterocycles. The number of aromatic nitrogens is 2. The number of halogens is 1. The predicted octanol–water partition coefficient (Wildman–Crippen LogP) is 2.81. The quantitative estimate of drug-likeness (QED) is 0.841. The van der Waals surface area contributed by atoms with Crippen LogP contribution in [0.15, 0.2) is 6.33 Å². The Morgan fingerprint density at radius 2 is 2.35 bits per heavy atom. The fraction of sp³-hybridized carbons (Fsp3) is 0.667. The molecule has 1 aliphatic rings. The molecule has 1 aliphatic heterocycles. The first kappa shape index (κ1) is 12.6. The maximum absolute atomic E-state index is 5.93. The second-order valence-corrected chi connectivity index (χ2v) is 4.70. The Balaban J connectivity index is 1.79. The van der Waals surface area contributed by atoms with Gasteiger partial charge in [0, 0.05) is 18.7 Å². The van der Waals surface area contributed by atoms with E-state index in [1.54, 1.807) is 0 Å². The van der Waals surface area contributed by atoms with E-state index >= 15 is 0 Å². The van der Waals surface area contributed by atoms with Crippen molar-refractivity contribution >= 4 is 17.4 Å². The number of hydrogen-bond acceptors (Lipinski definition) is 4. The zero-order valence-electron chi connectivity index (χ0n) is 10.1. The number of anilines is 1. The summed E-state index contributed by atoms with van der Waals surface area (Å²) in [5.74, 6) is 0.820. The minimum atomic E-state index is 0.397. The molecule has 1 aromatic rings. The van der Waals surface area contributed by atoms with Crippen molar-refractivity contribution in [2.45, 2.75) is 38.7 Å². The molecule has 2 rings (SSSR count). The van der Waals surface area contributed by atoms with Gasteiger partial charge in [-0.05, 0) is 32.6 Å². The van der Waals surface area contributed by atoms with Crippen LogP contribution in [-0.4, -0.2) is 29.2 Å². The summed E-state index contributed by atoms with van der Waals surface area (Å²) in [6.45, 7) is 3.68. The Morgan fingerprint density at radius 3 is 3.12 bits per heavy atom. The molecule has 0 aromatic carbocycles. The third-order valence-electron chi connectivity index (χ3n) is 3.06. The van der Waals surface area contributed by atoms with E-state index in [2.05, 4.69) is 15.3 Å². The van der Waals surface area contributed by atoms with Gasteiger partial charge >= 0.3 is 0 Å². The number of hydrogen-bond donors (Lipinski definition) is 1. The average molecular weight is 256 g/mol. The summed E-state index contributed by atoms with van der Waals surface area (Å²) < 4.78 is 5.67. The van der Waals surface area contributed by atoms with Gasteiger partial charge < -0.3 is 10.1 Å². The van der Waals surface area contributed by atoms with Gasteiger partial charge in [-0.3, -0.25) is 0 Å². The monoisotopic (exact) mass is 255 g/mol. The molecule has 0 spiro atoms. The highest BCUT2D eigenvalue weighted by atomic mass is 35.5. The maximum Gasteiger partial charge on any atom is 0.137 e. The van der Waals surface area contributed by atoms with Crippen molar-refractivity contribution in [1.82, 2.24) is 9.97 Å². The summed E-state index contributed by atoms with van der Waals surface area (Å²) in [4.78, 5) is 8.10. The highest BCUT2D eigenvalue weighted by Crippen LogP contribution is 2.19. The smallest absolute Gasteiger partial charge is 0.137 e. The summed E-state index contributed by atoms with van der Waals surface area (Å²) >= 11 is 5.93. The van der Waals surface area contributed by atoms with Crippen LogP contribution < -0.4 is 5.32 Å². The van der Waals surface area contributed by atoms with Crippen molar-refractivity contribution in [1.29, 1.82) is 0 Å². The molecular weight excluding hydrogens is 238 g/mol. The first-order valence-corrected chi connectivity index (χ1v) is 6.47. The highest BCUT2D eigenvalue weighted by molar-refractivity contribution is 6.30. The summed E-state index contributed by atoms with van der Waals surface area (Å²) in [7, 11) is 0. The van der Waals surface area contributed by atoms with Crippen molar-refractivity contribution in [2.24, 2.45) is 0 Å². The molecule has 1 atom stereocenters. The minimum Gasteiger partial charge on any atom is -0.378 e. The fourth-order valence-corrected chi connectivity index (χ4v) is 2.13. The van der Waals surface area contributed by atoms with E-state index in [4.69, 9.17) is 16.3 Å². The normalized spacial score (nSPS) is 20.2. The Morgan fingerprint density at radius 1 is 1.47 bits per heavy atom. The van der Waals surface area contributed by atoms with Gasteiger partial charge in [0.15, 0.2) is 0 Å². The van der Waals surface area contributed by atoms with Gasteiger partial charge in [0.2, 0.25) is 0 Å². The van der Waals surface area contributed by atoms with Crippen molar-refractivity contribution in [3.63, 3.8) is 0 Å². The van der Waals surface area contributed by atoms with E-state index in [1.807, 2.05) is 6.92 Å². The molecule has 1 N–H and O–H groups in total. The van der Waals surface area contributed by atoms with E-state index in [0.717, 1.165) is 31.0 Å². The van der Waals surface area contributed by atoms with E-state index in [-0.39, 0.29) is 0 Å². The maximum atomic E-state index is 5.93. The summed E-state index contributed by atoms with van der Waals surface area (Å²) in [6.07, 6.45) is 6.54. The van der Waals surface area contributed by atoms with Crippen LogP contribution in [0.25, 0.3) is 0 Å². The number of ether oxygens (including phenoxy) is 1. The lowest BCUT2D eigenvalue weighted by Gasteiger charge is -2.22. The summed E-state index contributed by atoms with van der Waals surface area (Å²) in [5, 5.41) is 3.80. The molecule has 5 heteroatoms. The lowest BCUT2D eigenvalue weighted by atomic mass is 10.1. The Kier molecular flexibility index (Phi) is 4.57. The third-order valence-corrected chi connectivity index (χ3v) is 3.44. The van der Waals surface area contributed by atoms with Crippen molar-refractivity contribution in [2.75, 3.05) is 18.5 Å². The third kappa shape index (κ3) is 3.54. The lowest BCUT2D eigenvalue weighted by molar-refractivity contribution is 0.0134. The van der Waals surface area contributed by atoms with Crippen molar-refractivity contribution < 1.29 is 4.74 Å². The second-order valence-electron chi connectivity index (χ2n) is 4.34. The van der Waals surface area contributed by atoms with E-state index in [9.17, 15) is 0 Å². The molecule has 0 bridgehead atoms. The van der Waals surface area contributed by atoms with E-state index < -0.39 is 0 Å². The van der Waals surface area contributed by atoms with Gasteiger partial charge in [-0.15, -0.1) is 0 Å². The SMILES string of the molecule is Cc1c(Cl)ncnc1NCCC1CCCCO1. The largest absolute Gasteiger partial charge is 0.378 e. The number of rotatable bonds is 4. The number of nitrogens with one attached hydrogen (secondary N) is 1. The standard InChI is InChI=1S/C12H18ClN3O/c1-9-11(13)15-8-16-12(9)14-6-5-10-4-2-3-7-17-10/h8,10H,2-7H2,1H3,(H,14,15,16). The molecule has 4 nitrogen and oxygen atoms in total. The molecule has 1 unspecified atom stereocenters. The molecule has 1 saturated heterocycles. The Bertz CT molecular complexity index is 367. The van der Waals surface area contributed by atoms with Crippen LogP contribution >= 0.6 is 11.6 Å². The second kappa shape index (κ2) is 6.17. The number of nitrogens with zero attached hydrogens (tertiary/aromatic N) is 2. The van der Waals surface area contributed by atoms with Crippen LogP contribution in [0, 0.1) is 6.92 Å². The molecule has 17 heavy (non-hydrogen) atoms. The van der Waals surface area contributed by atoms with Gasteiger partial charge in [-0.1, -0.05) is 11.6 Å². The zero-order chi connectivity index (χ0) is 12.1. The molecule has 0 amide bonds. The van der Waals surface area contributed by atoms with Gasteiger partial charge in [0.1, 0.15) is 17.3 Å². The predicted molar refractivity (Wildman–Crippen MR) is 68.5 cm³/mol. The van der Waals surface area contributed by atoms with Crippen LogP contribution in [0.3, 0.4) is 0 Å². The highest BCUT2D eigenvalue weighted by Gasteiger charge is 2.13. The molecule has 0 saturated carbocycles. The van der Waals surface area contributed by atoms with Gasteiger partial charge in [0.05, 0.1) is 6.10 Å². The van der Waals surface area contributed by atoms with E-state index in [1.165, 1.54) is 25.6 Å². The lowest BCUT2D eigenvalue weighted by Crippen LogP contribution is -2.22.